The highest BCUT2D eigenvalue weighted by Gasteiger charge is 2.41. The lowest BCUT2D eigenvalue weighted by atomic mass is 9.98. The standard InChI is InChI=1S/C20H14F4N2O2S/c1-3-12-26-19(20(22,23)24)17(15-6-4-5-7-16(15)21)18(25-26)13-8-10-14(11-9-13)29(2,27)28/h1,4-11H,12H2,2H3. The van der Waals surface area contributed by atoms with Crippen molar-refractivity contribution in [3.63, 3.8) is 0 Å². The van der Waals surface area contributed by atoms with Gasteiger partial charge in [-0.15, -0.1) is 6.42 Å². The number of terminal acetylenes is 1. The van der Waals surface area contributed by atoms with Crippen molar-refractivity contribution in [2.45, 2.75) is 17.6 Å². The van der Waals surface area contributed by atoms with E-state index in [4.69, 9.17) is 6.42 Å². The molecular weight excluding hydrogens is 408 g/mol. The predicted molar refractivity (Wildman–Crippen MR) is 100 cm³/mol. The number of halogens is 4. The Hall–Kier alpha value is -3.12. The highest BCUT2D eigenvalue weighted by atomic mass is 32.2. The first-order chi connectivity index (χ1) is 13.5. The van der Waals surface area contributed by atoms with E-state index in [1.54, 1.807) is 0 Å². The number of aromatic nitrogens is 2. The van der Waals surface area contributed by atoms with Crippen LogP contribution in [-0.2, 0) is 22.6 Å². The second kappa shape index (κ2) is 7.37. The molecule has 0 fully saturated rings. The van der Waals surface area contributed by atoms with Gasteiger partial charge in [0.1, 0.15) is 18.1 Å². The van der Waals surface area contributed by atoms with Crippen LogP contribution in [0.1, 0.15) is 5.69 Å². The van der Waals surface area contributed by atoms with Gasteiger partial charge in [-0.25, -0.2) is 17.5 Å². The molecule has 0 bridgehead atoms. The smallest absolute Gasteiger partial charge is 0.247 e. The van der Waals surface area contributed by atoms with Crippen molar-refractivity contribution in [3.05, 3.63) is 60.0 Å². The highest BCUT2D eigenvalue weighted by molar-refractivity contribution is 7.90. The van der Waals surface area contributed by atoms with E-state index in [9.17, 15) is 26.0 Å². The molecule has 0 saturated heterocycles. The average molecular weight is 422 g/mol. The molecule has 0 saturated carbocycles. The number of alkyl halides is 3. The minimum Gasteiger partial charge on any atom is -0.247 e. The number of rotatable bonds is 4. The van der Waals surface area contributed by atoms with Gasteiger partial charge < -0.3 is 0 Å². The Morgan fingerprint density at radius 3 is 2.24 bits per heavy atom. The van der Waals surface area contributed by atoms with E-state index in [2.05, 4.69) is 11.0 Å². The van der Waals surface area contributed by atoms with Crippen LogP contribution in [0.2, 0.25) is 0 Å². The van der Waals surface area contributed by atoms with Crippen LogP contribution < -0.4 is 0 Å². The molecule has 29 heavy (non-hydrogen) atoms. The van der Waals surface area contributed by atoms with Crippen molar-refractivity contribution in [1.82, 2.24) is 9.78 Å². The molecule has 1 heterocycles. The minimum absolute atomic E-state index is 0.00667. The second-order valence-corrected chi connectivity index (χ2v) is 8.22. The molecule has 0 N–H and O–H groups in total. The lowest BCUT2D eigenvalue weighted by Crippen LogP contribution is -2.15. The maximum absolute atomic E-state index is 14.4. The lowest BCUT2D eigenvalue weighted by molar-refractivity contribution is -0.143. The zero-order valence-corrected chi connectivity index (χ0v) is 15.9. The van der Waals surface area contributed by atoms with Crippen molar-refractivity contribution in [2.75, 3.05) is 6.26 Å². The van der Waals surface area contributed by atoms with E-state index >= 15 is 0 Å². The van der Waals surface area contributed by atoms with Crippen molar-refractivity contribution >= 4 is 9.84 Å². The van der Waals surface area contributed by atoms with Crippen LogP contribution in [0.15, 0.2) is 53.4 Å². The fourth-order valence-corrected chi connectivity index (χ4v) is 3.56. The van der Waals surface area contributed by atoms with Gasteiger partial charge in [-0.3, -0.25) is 0 Å². The van der Waals surface area contributed by atoms with Crippen molar-refractivity contribution in [3.8, 4) is 34.7 Å². The number of hydrogen-bond acceptors (Lipinski definition) is 3. The summed E-state index contributed by atoms with van der Waals surface area (Å²) in [6.45, 7) is -0.474. The van der Waals surface area contributed by atoms with Crippen LogP contribution in [0.4, 0.5) is 17.6 Å². The molecule has 0 unspecified atom stereocenters. The van der Waals surface area contributed by atoms with Gasteiger partial charge in [-0.2, -0.15) is 18.3 Å². The van der Waals surface area contributed by atoms with Gasteiger partial charge in [0.05, 0.1) is 4.90 Å². The van der Waals surface area contributed by atoms with Crippen molar-refractivity contribution in [1.29, 1.82) is 0 Å². The molecule has 2 aromatic carbocycles. The molecule has 1 aromatic heterocycles. The first kappa shape index (κ1) is 20.6. The Labute approximate surface area is 164 Å². The van der Waals surface area contributed by atoms with E-state index in [-0.39, 0.29) is 21.7 Å². The minimum atomic E-state index is -4.85. The van der Waals surface area contributed by atoms with E-state index in [1.165, 1.54) is 42.5 Å². The number of nitrogens with zero attached hydrogens (tertiary/aromatic N) is 2. The monoisotopic (exact) mass is 422 g/mol. The topological polar surface area (TPSA) is 52.0 Å². The summed E-state index contributed by atoms with van der Waals surface area (Å²) < 4.78 is 79.9. The number of hydrogen-bond donors (Lipinski definition) is 0. The Morgan fingerprint density at radius 2 is 1.72 bits per heavy atom. The van der Waals surface area contributed by atoms with Gasteiger partial charge in [0.2, 0.25) is 0 Å². The molecule has 4 nitrogen and oxygen atoms in total. The molecular formula is C20H14F4N2O2S. The van der Waals surface area contributed by atoms with Gasteiger partial charge in [0.15, 0.2) is 15.5 Å². The molecule has 0 aliphatic rings. The number of benzene rings is 2. The van der Waals surface area contributed by atoms with E-state index in [1.807, 2.05) is 0 Å². The quantitative estimate of drug-likeness (QED) is 0.462. The summed E-state index contributed by atoms with van der Waals surface area (Å²) in [6, 6.07) is 10.2. The number of sulfone groups is 1. The Bertz CT molecular complexity index is 1200. The van der Waals surface area contributed by atoms with E-state index in [0.29, 0.717) is 4.68 Å². The molecule has 150 valence electrons. The molecule has 9 heteroatoms. The van der Waals surface area contributed by atoms with Gasteiger partial charge in [-0.1, -0.05) is 36.3 Å². The molecule has 0 amide bonds. The van der Waals surface area contributed by atoms with E-state index < -0.39 is 39.6 Å². The largest absolute Gasteiger partial charge is 0.433 e. The second-order valence-electron chi connectivity index (χ2n) is 6.21. The summed E-state index contributed by atoms with van der Waals surface area (Å²) in [5.74, 6) is 1.26. The molecule has 0 aliphatic carbocycles. The van der Waals surface area contributed by atoms with Crippen LogP contribution in [0.3, 0.4) is 0 Å². The SMILES string of the molecule is C#CCn1nc(-c2ccc(S(C)(=O)=O)cc2)c(-c2ccccc2F)c1C(F)(F)F. The van der Waals surface area contributed by atoms with Gasteiger partial charge >= 0.3 is 6.18 Å². The van der Waals surface area contributed by atoms with Gasteiger partial charge in [0, 0.05) is 22.9 Å². The maximum atomic E-state index is 14.4. The van der Waals surface area contributed by atoms with Crippen LogP contribution in [0, 0.1) is 18.2 Å². The first-order valence-corrected chi connectivity index (χ1v) is 10.1. The Balaban J connectivity index is 2.35. The van der Waals surface area contributed by atoms with Crippen LogP contribution in [0.5, 0.6) is 0 Å². The molecule has 0 radical (unpaired) electrons. The Kier molecular flexibility index (Phi) is 5.24. The van der Waals surface area contributed by atoms with Crippen LogP contribution in [-0.4, -0.2) is 24.5 Å². The van der Waals surface area contributed by atoms with E-state index in [0.717, 1.165) is 12.3 Å². The Morgan fingerprint density at radius 1 is 1.10 bits per heavy atom. The predicted octanol–water partition coefficient (Wildman–Crippen LogP) is 4.41. The summed E-state index contributed by atoms with van der Waals surface area (Å²) in [7, 11) is -3.50. The zero-order chi connectivity index (χ0) is 21.4. The fourth-order valence-electron chi connectivity index (χ4n) is 2.93. The van der Waals surface area contributed by atoms with Crippen molar-refractivity contribution < 1.29 is 26.0 Å². The fraction of sp³-hybridized carbons (Fsp3) is 0.150. The van der Waals surface area contributed by atoms with Gasteiger partial charge in [0.25, 0.3) is 0 Å². The summed E-state index contributed by atoms with van der Waals surface area (Å²) in [5.41, 5.74) is -1.89. The van der Waals surface area contributed by atoms with Crippen LogP contribution >= 0.6 is 0 Å². The summed E-state index contributed by atoms with van der Waals surface area (Å²) in [4.78, 5) is -0.00667. The maximum Gasteiger partial charge on any atom is 0.433 e. The summed E-state index contributed by atoms with van der Waals surface area (Å²) in [6.07, 6.45) is 1.34. The van der Waals surface area contributed by atoms with Crippen LogP contribution in [0.25, 0.3) is 22.4 Å². The highest BCUT2D eigenvalue weighted by Crippen LogP contribution is 2.43. The third kappa shape index (κ3) is 4.03. The lowest BCUT2D eigenvalue weighted by Gasteiger charge is -2.12. The van der Waals surface area contributed by atoms with Crippen molar-refractivity contribution in [2.24, 2.45) is 0 Å². The molecule has 3 rings (SSSR count). The third-order valence-electron chi connectivity index (χ3n) is 4.16. The zero-order valence-electron chi connectivity index (χ0n) is 15.0. The molecule has 0 atom stereocenters. The molecule has 3 aromatic rings. The molecule has 0 spiro atoms. The third-order valence-corrected chi connectivity index (χ3v) is 5.29. The van der Waals surface area contributed by atoms with Gasteiger partial charge in [-0.05, 0) is 18.2 Å². The summed E-state index contributed by atoms with van der Waals surface area (Å²) >= 11 is 0. The normalized spacial score (nSPS) is 12.0. The first-order valence-electron chi connectivity index (χ1n) is 8.21. The summed E-state index contributed by atoms with van der Waals surface area (Å²) in [5, 5.41) is 3.98. The average Bonchev–Trinajstić information content (AvgIpc) is 3.01. The molecule has 0 aliphatic heterocycles.